The predicted octanol–water partition coefficient (Wildman–Crippen LogP) is 1.99. The molecule has 7 nitrogen and oxygen atoms in total. The molecule has 24 heavy (non-hydrogen) atoms. The molecule has 0 atom stereocenters. The molecule has 2 aromatic rings. The Bertz CT molecular complexity index is 824. The fourth-order valence-electron chi connectivity index (χ4n) is 2.27. The van der Waals surface area contributed by atoms with Crippen molar-refractivity contribution in [1.82, 2.24) is 4.98 Å². The number of rotatable bonds is 3. The first kappa shape index (κ1) is 16.1. The van der Waals surface area contributed by atoms with Crippen LogP contribution in [0.1, 0.15) is 10.4 Å². The lowest BCUT2D eigenvalue weighted by molar-refractivity contribution is -0.124. The summed E-state index contributed by atoms with van der Waals surface area (Å²) >= 11 is 3.21. The summed E-state index contributed by atoms with van der Waals surface area (Å²) in [6, 6.07) is 8.48. The molecule has 1 N–H and O–H groups in total. The molecule has 0 fully saturated rings. The van der Waals surface area contributed by atoms with Crippen LogP contribution in [0.15, 0.2) is 47.2 Å². The molecule has 2 amide bonds. The molecule has 8 heteroatoms. The van der Waals surface area contributed by atoms with Crippen LogP contribution in [0.4, 0.5) is 11.4 Å². The molecule has 0 aliphatic carbocycles. The maximum absolute atomic E-state index is 12.4. The molecule has 2 heterocycles. The zero-order valence-corrected chi connectivity index (χ0v) is 13.9. The number of hydrogen-bond acceptors (Lipinski definition) is 5. The Labute approximate surface area is 145 Å². The zero-order valence-electron chi connectivity index (χ0n) is 12.4. The van der Waals surface area contributed by atoms with Gasteiger partial charge in [-0.15, -0.1) is 0 Å². The SMILES string of the molecule is O=C1CN(C(=O)COC(=O)c2cncc(Br)c2)c2ccccc2N1. The first-order chi connectivity index (χ1) is 11.5. The van der Waals surface area contributed by atoms with Crippen LogP contribution in [-0.4, -0.2) is 35.9 Å². The molecule has 122 valence electrons. The van der Waals surface area contributed by atoms with Gasteiger partial charge in [-0.1, -0.05) is 12.1 Å². The van der Waals surface area contributed by atoms with E-state index in [0.717, 1.165) is 0 Å². The van der Waals surface area contributed by atoms with Crippen LogP contribution in [0.3, 0.4) is 0 Å². The Balaban J connectivity index is 1.69. The standard InChI is InChI=1S/C16H12BrN3O4/c17-11-5-10(6-18-7-11)16(23)24-9-15(22)20-8-14(21)19-12-3-1-2-4-13(12)20/h1-7H,8-9H2,(H,19,21). The summed E-state index contributed by atoms with van der Waals surface area (Å²) in [5.41, 5.74) is 1.35. The predicted molar refractivity (Wildman–Crippen MR) is 89.6 cm³/mol. The van der Waals surface area contributed by atoms with Crippen LogP contribution in [0.5, 0.6) is 0 Å². The normalized spacial score (nSPS) is 13.0. The van der Waals surface area contributed by atoms with Crippen molar-refractivity contribution in [3.63, 3.8) is 0 Å². The van der Waals surface area contributed by atoms with Crippen LogP contribution >= 0.6 is 15.9 Å². The van der Waals surface area contributed by atoms with E-state index in [-0.39, 0.29) is 18.0 Å². The van der Waals surface area contributed by atoms with E-state index in [0.29, 0.717) is 15.8 Å². The molecule has 1 aromatic carbocycles. The van der Waals surface area contributed by atoms with Gasteiger partial charge in [-0.2, -0.15) is 0 Å². The van der Waals surface area contributed by atoms with Gasteiger partial charge in [-0.25, -0.2) is 4.79 Å². The van der Waals surface area contributed by atoms with Gasteiger partial charge in [0, 0.05) is 16.9 Å². The highest BCUT2D eigenvalue weighted by molar-refractivity contribution is 9.10. The van der Waals surface area contributed by atoms with E-state index in [2.05, 4.69) is 26.2 Å². The summed E-state index contributed by atoms with van der Waals surface area (Å²) in [6.45, 7) is -0.585. The van der Waals surface area contributed by atoms with Gasteiger partial charge in [0.2, 0.25) is 5.91 Å². The van der Waals surface area contributed by atoms with Crippen molar-refractivity contribution in [2.45, 2.75) is 0 Å². The quantitative estimate of drug-likeness (QED) is 0.810. The third-order valence-corrected chi connectivity index (χ3v) is 3.77. The first-order valence-corrected chi connectivity index (χ1v) is 7.81. The number of benzene rings is 1. The highest BCUT2D eigenvalue weighted by Crippen LogP contribution is 2.28. The molecule has 1 aliphatic rings. The lowest BCUT2D eigenvalue weighted by Gasteiger charge is -2.28. The van der Waals surface area contributed by atoms with Gasteiger partial charge in [-0.3, -0.25) is 19.5 Å². The Morgan fingerprint density at radius 1 is 1.29 bits per heavy atom. The number of ether oxygens (including phenoxy) is 1. The average molecular weight is 390 g/mol. The molecule has 1 aliphatic heterocycles. The first-order valence-electron chi connectivity index (χ1n) is 7.01. The van der Waals surface area contributed by atoms with Gasteiger partial charge in [0.25, 0.3) is 5.91 Å². The molecule has 0 unspecified atom stereocenters. The second-order valence-electron chi connectivity index (χ2n) is 5.01. The van der Waals surface area contributed by atoms with Crippen LogP contribution < -0.4 is 10.2 Å². The second kappa shape index (κ2) is 6.79. The fourth-order valence-corrected chi connectivity index (χ4v) is 2.63. The maximum atomic E-state index is 12.4. The van der Waals surface area contributed by atoms with Gasteiger partial charge >= 0.3 is 5.97 Å². The minimum atomic E-state index is -0.660. The van der Waals surface area contributed by atoms with Crippen molar-refractivity contribution in [2.75, 3.05) is 23.4 Å². The van der Waals surface area contributed by atoms with Crippen LogP contribution in [0, 0.1) is 0 Å². The summed E-state index contributed by atoms with van der Waals surface area (Å²) in [6.07, 6.45) is 2.88. The van der Waals surface area contributed by atoms with E-state index in [4.69, 9.17) is 4.74 Å². The topological polar surface area (TPSA) is 88.6 Å². The monoisotopic (exact) mass is 389 g/mol. The van der Waals surface area contributed by atoms with Crippen LogP contribution in [0.25, 0.3) is 0 Å². The van der Waals surface area contributed by atoms with E-state index in [1.165, 1.54) is 17.3 Å². The Kier molecular flexibility index (Phi) is 4.57. The minimum absolute atomic E-state index is 0.119. The number of carbonyl (C=O) groups excluding carboxylic acids is 3. The van der Waals surface area contributed by atoms with Gasteiger partial charge < -0.3 is 10.1 Å². The number of nitrogens with one attached hydrogen (secondary N) is 1. The average Bonchev–Trinajstić information content (AvgIpc) is 2.58. The summed E-state index contributed by atoms with van der Waals surface area (Å²) in [5.74, 6) is -1.44. The molecular formula is C16H12BrN3O4. The molecule has 0 saturated carbocycles. The Hall–Kier alpha value is -2.74. The lowest BCUT2D eigenvalue weighted by atomic mass is 10.2. The maximum Gasteiger partial charge on any atom is 0.340 e. The van der Waals surface area contributed by atoms with Crippen LogP contribution in [0.2, 0.25) is 0 Å². The summed E-state index contributed by atoms with van der Waals surface area (Å²) in [4.78, 5) is 41.2. The highest BCUT2D eigenvalue weighted by atomic mass is 79.9. The van der Waals surface area contributed by atoms with E-state index in [1.807, 2.05) is 0 Å². The van der Waals surface area contributed by atoms with Gasteiger partial charge in [-0.05, 0) is 34.1 Å². The van der Waals surface area contributed by atoms with Crippen molar-refractivity contribution < 1.29 is 19.1 Å². The van der Waals surface area contributed by atoms with Crippen molar-refractivity contribution in [3.05, 3.63) is 52.8 Å². The van der Waals surface area contributed by atoms with E-state index in [1.54, 1.807) is 30.3 Å². The van der Waals surface area contributed by atoms with Crippen molar-refractivity contribution in [1.29, 1.82) is 0 Å². The molecule has 1 aromatic heterocycles. The number of esters is 1. The number of carbonyl (C=O) groups is 3. The van der Waals surface area contributed by atoms with Crippen molar-refractivity contribution >= 4 is 45.1 Å². The minimum Gasteiger partial charge on any atom is -0.452 e. The number of fused-ring (bicyclic) bond motifs is 1. The number of nitrogens with zero attached hydrogens (tertiary/aromatic N) is 2. The third kappa shape index (κ3) is 3.43. The molecule has 0 saturated heterocycles. The van der Waals surface area contributed by atoms with Crippen molar-refractivity contribution in [2.24, 2.45) is 0 Å². The van der Waals surface area contributed by atoms with Crippen LogP contribution in [-0.2, 0) is 14.3 Å². The number of halogens is 1. The summed E-state index contributed by atoms with van der Waals surface area (Å²) in [5, 5.41) is 2.69. The number of para-hydroxylation sites is 2. The molecule has 0 radical (unpaired) electrons. The third-order valence-electron chi connectivity index (χ3n) is 3.34. The fraction of sp³-hybridized carbons (Fsp3) is 0.125. The molecule has 0 bridgehead atoms. The summed E-state index contributed by atoms with van der Waals surface area (Å²) < 4.78 is 5.66. The number of hydrogen-bond donors (Lipinski definition) is 1. The number of pyridine rings is 1. The highest BCUT2D eigenvalue weighted by Gasteiger charge is 2.27. The lowest BCUT2D eigenvalue weighted by Crippen LogP contribution is -2.44. The van der Waals surface area contributed by atoms with Gasteiger partial charge in [0.1, 0.15) is 6.54 Å². The smallest absolute Gasteiger partial charge is 0.340 e. The molecular weight excluding hydrogens is 378 g/mol. The summed E-state index contributed by atoms with van der Waals surface area (Å²) in [7, 11) is 0. The van der Waals surface area contributed by atoms with Crippen molar-refractivity contribution in [3.8, 4) is 0 Å². The zero-order chi connectivity index (χ0) is 17.1. The second-order valence-corrected chi connectivity index (χ2v) is 5.93. The van der Waals surface area contributed by atoms with Gasteiger partial charge in [0.15, 0.2) is 6.61 Å². The van der Waals surface area contributed by atoms with E-state index >= 15 is 0 Å². The molecule has 0 spiro atoms. The number of anilines is 2. The molecule has 3 rings (SSSR count). The van der Waals surface area contributed by atoms with E-state index in [9.17, 15) is 14.4 Å². The number of aromatic nitrogens is 1. The Morgan fingerprint density at radius 2 is 2.08 bits per heavy atom. The Morgan fingerprint density at radius 3 is 2.88 bits per heavy atom. The van der Waals surface area contributed by atoms with E-state index < -0.39 is 18.5 Å². The number of amides is 2. The van der Waals surface area contributed by atoms with Gasteiger partial charge in [0.05, 0.1) is 16.9 Å². The largest absolute Gasteiger partial charge is 0.452 e.